The minimum atomic E-state index is -0.184. The zero-order chi connectivity index (χ0) is 13.8. The maximum atomic E-state index is 11.4. The van der Waals surface area contributed by atoms with E-state index in [1.807, 2.05) is 32.6 Å². The Morgan fingerprint density at radius 1 is 1.06 bits per heavy atom. The molecule has 0 atom stereocenters. The summed E-state index contributed by atoms with van der Waals surface area (Å²) in [7, 11) is 0. The summed E-state index contributed by atoms with van der Waals surface area (Å²) in [5, 5.41) is 0. The minimum Gasteiger partial charge on any atom is -0.465 e. The van der Waals surface area contributed by atoms with Crippen LogP contribution in [-0.4, -0.2) is 56.6 Å². The van der Waals surface area contributed by atoms with Crippen molar-refractivity contribution in [2.45, 2.75) is 40.4 Å². The zero-order valence-corrected chi connectivity index (χ0v) is 12.1. The third kappa shape index (κ3) is 8.44. The normalized spacial score (nSPS) is 11.2. The zero-order valence-electron chi connectivity index (χ0n) is 12.1. The maximum absolute atomic E-state index is 11.4. The Morgan fingerprint density at radius 3 is 2.11 bits per heavy atom. The predicted molar refractivity (Wildman–Crippen MR) is 70.4 cm³/mol. The first-order valence-corrected chi connectivity index (χ1v) is 6.78. The first kappa shape index (κ1) is 17.4. The molecule has 0 bridgehead atoms. The van der Waals surface area contributed by atoms with Gasteiger partial charge in [0.2, 0.25) is 0 Å². The van der Waals surface area contributed by atoms with Crippen molar-refractivity contribution in [1.29, 1.82) is 0 Å². The van der Waals surface area contributed by atoms with Crippen LogP contribution in [0.4, 0.5) is 0 Å². The summed E-state index contributed by atoms with van der Waals surface area (Å²) in [5.74, 6) is -0.177. The number of ether oxygens (including phenoxy) is 3. The molecule has 0 saturated heterocycles. The number of nitrogens with zero attached hydrogens (tertiary/aromatic N) is 1. The average molecular weight is 261 g/mol. The molecule has 5 nitrogen and oxygen atoms in total. The molecule has 0 aromatic carbocycles. The van der Waals surface area contributed by atoms with Gasteiger partial charge in [0.15, 0.2) is 6.29 Å². The first-order valence-electron chi connectivity index (χ1n) is 6.78. The SMILES string of the molecule is CCOC(=O)CN(CC)CCC(OCC)OCC. The summed E-state index contributed by atoms with van der Waals surface area (Å²) in [4.78, 5) is 13.4. The van der Waals surface area contributed by atoms with Crippen molar-refractivity contribution in [3.8, 4) is 0 Å². The number of carbonyl (C=O) groups is 1. The van der Waals surface area contributed by atoms with Gasteiger partial charge >= 0.3 is 5.97 Å². The predicted octanol–water partition coefficient (Wildman–Crippen LogP) is 1.66. The highest BCUT2D eigenvalue weighted by atomic mass is 16.7. The van der Waals surface area contributed by atoms with E-state index in [1.54, 1.807) is 0 Å². The molecule has 0 saturated carbocycles. The molecule has 0 aromatic heterocycles. The van der Waals surface area contributed by atoms with E-state index in [2.05, 4.69) is 0 Å². The van der Waals surface area contributed by atoms with Gasteiger partial charge in [-0.2, -0.15) is 0 Å². The van der Waals surface area contributed by atoms with Crippen LogP contribution in [-0.2, 0) is 19.0 Å². The van der Waals surface area contributed by atoms with Crippen molar-refractivity contribution in [2.24, 2.45) is 0 Å². The Bertz CT molecular complexity index is 205. The monoisotopic (exact) mass is 261 g/mol. The second-order valence-corrected chi connectivity index (χ2v) is 3.80. The number of esters is 1. The lowest BCUT2D eigenvalue weighted by Crippen LogP contribution is -2.34. The largest absolute Gasteiger partial charge is 0.465 e. The molecule has 0 aliphatic heterocycles. The van der Waals surface area contributed by atoms with E-state index in [0.29, 0.717) is 26.4 Å². The molecule has 0 amide bonds. The van der Waals surface area contributed by atoms with Crippen molar-refractivity contribution in [3.05, 3.63) is 0 Å². The molecule has 0 rings (SSSR count). The van der Waals surface area contributed by atoms with Crippen molar-refractivity contribution < 1.29 is 19.0 Å². The van der Waals surface area contributed by atoms with Crippen LogP contribution in [0.15, 0.2) is 0 Å². The third-order valence-electron chi connectivity index (χ3n) is 2.49. The number of rotatable bonds is 11. The molecule has 108 valence electrons. The van der Waals surface area contributed by atoms with Gasteiger partial charge in [-0.15, -0.1) is 0 Å². The Kier molecular flexibility index (Phi) is 11.0. The van der Waals surface area contributed by atoms with Gasteiger partial charge < -0.3 is 14.2 Å². The molecule has 0 aromatic rings. The van der Waals surface area contributed by atoms with Gasteiger partial charge in [0.1, 0.15) is 0 Å². The van der Waals surface area contributed by atoms with Crippen LogP contribution in [0.3, 0.4) is 0 Å². The van der Waals surface area contributed by atoms with Crippen LogP contribution in [0.2, 0.25) is 0 Å². The number of hydrogen-bond donors (Lipinski definition) is 0. The van der Waals surface area contributed by atoms with Crippen molar-refractivity contribution in [1.82, 2.24) is 4.90 Å². The summed E-state index contributed by atoms with van der Waals surface area (Å²) >= 11 is 0. The minimum absolute atomic E-state index is 0.177. The third-order valence-corrected chi connectivity index (χ3v) is 2.49. The van der Waals surface area contributed by atoms with Crippen LogP contribution in [0, 0.1) is 0 Å². The Balaban J connectivity index is 3.98. The van der Waals surface area contributed by atoms with E-state index in [0.717, 1.165) is 19.5 Å². The quantitative estimate of drug-likeness (QED) is 0.418. The Labute approximate surface area is 110 Å². The van der Waals surface area contributed by atoms with Gasteiger partial charge in [-0.3, -0.25) is 9.69 Å². The van der Waals surface area contributed by atoms with Gasteiger partial charge in [-0.1, -0.05) is 6.92 Å². The van der Waals surface area contributed by atoms with Gasteiger partial charge in [-0.25, -0.2) is 0 Å². The molecule has 0 fully saturated rings. The molecule has 0 N–H and O–H groups in total. The molecular formula is C13H27NO4. The number of likely N-dealkylation sites (N-methyl/N-ethyl adjacent to an activating group) is 1. The van der Waals surface area contributed by atoms with E-state index in [-0.39, 0.29) is 12.3 Å². The topological polar surface area (TPSA) is 48.0 Å². The standard InChI is InChI=1S/C13H27NO4/c1-5-14(11-12(15)16-6-2)10-9-13(17-7-3)18-8-4/h13H,5-11H2,1-4H3. The lowest BCUT2D eigenvalue weighted by molar-refractivity contribution is -0.148. The molecule has 0 heterocycles. The van der Waals surface area contributed by atoms with Gasteiger partial charge in [0.25, 0.3) is 0 Å². The summed E-state index contributed by atoms with van der Waals surface area (Å²) in [6.07, 6.45) is 0.575. The van der Waals surface area contributed by atoms with E-state index in [1.165, 1.54) is 0 Å². The molecular weight excluding hydrogens is 234 g/mol. The van der Waals surface area contributed by atoms with Crippen LogP contribution in [0.5, 0.6) is 0 Å². The van der Waals surface area contributed by atoms with Crippen LogP contribution >= 0.6 is 0 Å². The lowest BCUT2D eigenvalue weighted by atomic mass is 10.3. The summed E-state index contributed by atoms with van der Waals surface area (Å²) in [6.45, 7) is 11.3. The second kappa shape index (κ2) is 11.4. The van der Waals surface area contributed by atoms with Gasteiger partial charge in [0.05, 0.1) is 13.2 Å². The molecule has 0 unspecified atom stereocenters. The van der Waals surface area contributed by atoms with E-state index < -0.39 is 0 Å². The van der Waals surface area contributed by atoms with E-state index in [9.17, 15) is 4.79 Å². The highest BCUT2D eigenvalue weighted by molar-refractivity contribution is 5.71. The van der Waals surface area contributed by atoms with Crippen molar-refractivity contribution >= 4 is 5.97 Å². The summed E-state index contributed by atoms with van der Waals surface area (Å²) < 4.78 is 15.9. The molecule has 0 aliphatic rings. The first-order chi connectivity index (χ1) is 8.67. The van der Waals surface area contributed by atoms with Gasteiger partial charge in [0, 0.05) is 26.2 Å². The fraction of sp³-hybridized carbons (Fsp3) is 0.923. The second-order valence-electron chi connectivity index (χ2n) is 3.80. The van der Waals surface area contributed by atoms with Crippen molar-refractivity contribution in [3.63, 3.8) is 0 Å². The highest BCUT2D eigenvalue weighted by Crippen LogP contribution is 2.03. The van der Waals surface area contributed by atoms with Crippen LogP contribution in [0.1, 0.15) is 34.1 Å². The van der Waals surface area contributed by atoms with Crippen molar-refractivity contribution in [2.75, 3.05) is 39.5 Å². The van der Waals surface area contributed by atoms with E-state index in [4.69, 9.17) is 14.2 Å². The lowest BCUT2D eigenvalue weighted by Gasteiger charge is -2.23. The molecule has 5 heteroatoms. The fourth-order valence-electron chi connectivity index (χ4n) is 1.61. The van der Waals surface area contributed by atoms with Crippen LogP contribution in [0.25, 0.3) is 0 Å². The molecule has 0 aliphatic carbocycles. The fourth-order valence-corrected chi connectivity index (χ4v) is 1.61. The molecule has 18 heavy (non-hydrogen) atoms. The average Bonchev–Trinajstić information content (AvgIpc) is 2.35. The smallest absolute Gasteiger partial charge is 0.320 e. The summed E-state index contributed by atoms with van der Waals surface area (Å²) in [5.41, 5.74) is 0. The maximum Gasteiger partial charge on any atom is 0.320 e. The van der Waals surface area contributed by atoms with Crippen LogP contribution < -0.4 is 0 Å². The summed E-state index contributed by atoms with van der Waals surface area (Å²) in [6, 6.07) is 0. The number of carbonyl (C=O) groups excluding carboxylic acids is 1. The molecule has 0 radical (unpaired) electrons. The Morgan fingerprint density at radius 2 is 1.67 bits per heavy atom. The highest BCUT2D eigenvalue weighted by Gasteiger charge is 2.13. The van der Waals surface area contributed by atoms with Gasteiger partial charge in [-0.05, 0) is 27.3 Å². The Hall–Kier alpha value is -0.650. The molecule has 0 spiro atoms. The number of hydrogen-bond acceptors (Lipinski definition) is 5. The van der Waals surface area contributed by atoms with E-state index >= 15 is 0 Å².